The molecule has 0 spiro atoms. The van der Waals surface area contributed by atoms with Crippen molar-refractivity contribution in [2.45, 2.75) is 19.4 Å². The van der Waals surface area contributed by atoms with E-state index in [2.05, 4.69) is 17.2 Å². The number of ether oxygens (including phenoxy) is 1. The van der Waals surface area contributed by atoms with Gasteiger partial charge in [0.1, 0.15) is 11.6 Å². The van der Waals surface area contributed by atoms with Crippen molar-refractivity contribution in [2.75, 3.05) is 24.4 Å². The number of hydrogen-bond donors (Lipinski definition) is 1. The van der Waals surface area contributed by atoms with Crippen LogP contribution in [0.3, 0.4) is 0 Å². The molecule has 0 aliphatic heterocycles. The van der Waals surface area contributed by atoms with Crippen LogP contribution in [0, 0.1) is 0 Å². The lowest BCUT2D eigenvalue weighted by molar-refractivity contribution is 0.415. The highest BCUT2D eigenvalue weighted by Crippen LogP contribution is 2.26. The molecule has 2 unspecified atom stereocenters. The van der Waals surface area contributed by atoms with Crippen LogP contribution in [0.5, 0.6) is 5.75 Å². The first-order valence-corrected chi connectivity index (χ1v) is 8.32. The van der Waals surface area contributed by atoms with Crippen molar-refractivity contribution in [3.8, 4) is 5.75 Å². The Labute approximate surface area is 122 Å². The van der Waals surface area contributed by atoms with E-state index in [4.69, 9.17) is 4.74 Å². The Hall–Kier alpha value is -1.62. The van der Waals surface area contributed by atoms with Crippen LogP contribution in [0.2, 0.25) is 0 Å². The lowest BCUT2D eigenvalue weighted by Crippen LogP contribution is -2.18. The predicted molar refractivity (Wildman–Crippen MR) is 84.9 cm³/mol. The maximum Gasteiger partial charge on any atom is 0.134 e. The van der Waals surface area contributed by atoms with Gasteiger partial charge in [-0.1, -0.05) is 6.07 Å². The minimum Gasteiger partial charge on any atom is -0.497 e. The van der Waals surface area contributed by atoms with Crippen LogP contribution in [0.4, 0.5) is 5.82 Å². The summed E-state index contributed by atoms with van der Waals surface area (Å²) in [6, 6.07) is 8.15. The number of aromatic nitrogens is 1. The van der Waals surface area contributed by atoms with Crippen LogP contribution in [0.15, 0.2) is 30.5 Å². The van der Waals surface area contributed by atoms with Crippen molar-refractivity contribution < 1.29 is 8.95 Å². The number of hydrogen-bond acceptors (Lipinski definition) is 4. The average Bonchev–Trinajstić information content (AvgIpc) is 2.45. The smallest absolute Gasteiger partial charge is 0.134 e. The average molecular weight is 292 g/mol. The fourth-order valence-electron chi connectivity index (χ4n) is 2.04. The number of nitrogens with zero attached hydrogens (tertiary/aromatic N) is 1. The summed E-state index contributed by atoms with van der Waals surface area (Å²) in [4.78, 5) is 4.41. The van der Waals surface area contributed by atoms with Gasteiger partial charge in [-0.25, -0.2) is 4.98 Å². The Morgan fingerprint density at radius 1 is 1.40 bits per heavy atom. The highest BCUT2D eigenvalue weighted by Gasteiger charge is 2.08. The first-order chi connectivity index (χ1) is 9.60. The Bertz CT molecular complexity index is 616. The molecule has 0 saturated carbocycles. The number of benzene rings is 1. The predicted octanol–water partition coefficient (Wildman–Crippen LogP) is 2.81. The van der Waals surface area contributed by atoms with Gasteiger partial charge in [0.2, 0.25) is 0 Å². The number of nitrogens with one attached hydrogen (secondary N) is 1. The van der Waals surface area contributed by atoms with E-state index < -0.39 is 10.8 Å². The van der Waals surface area contributed by atoms with Crippen LogP contribution in [-0.2, 0) is 10.8 Å². The Kier molecular flexibility index (Phi) is 4.95. The van der Waals surface area contributed by atoms with E-state index in [0.29, 0.717) is 5.75 Å². The molecule has 0 aliphatic carbocycles. The topological polar surface area (TPSA) is 51.2 Å². The van der Waals surface area contributed by atoms with Gasteiger partial charge in [-0.2, -0.15) is 0 Å². The molecule has 2 rings (SSSR count). The maximum atomic E-state index is 11.1. The van der Waals surface area contributed by atoms with Gasteiger partial charge in [0.25, 0.3) is 0 Å². The molecule has 0 fully saturated rings. The second-order valence-electron chi connectivity index (χ2n) is 4.86. The zero-order valence-electron chi connectivity index (χ0n) is 12.1. The molecule has 108 valence electrons. The lowest BCUT2D eigenvalue weighted by Gasteiger charge is -2.15. The van der Waals surface area contributed by atoms with Crippen molar-refractivity contribution in [3.05, 3.63) is 30.5 Å². The number of methoxy groups -OCH3 is 1. The third kappa shape index (κ3) is 3.70. The standard InChI is InChI=1S/C15H20N2O2S/c1-11(7-9-20(3)18)17-15-14-10-13(19-2)5-4-12(14)6-8-16-15/h4-6,8,10-11H,7,9H2,1-3H3,(H,16,17). The first-order valence-electron chi connectivity index (χ1n) is 6.59. The molecule has 5 heteroatoms. The summed E-state index contributed by atoms with van der Waals surface area (Å²) < 4.78 is 16.4. The van der Waals surface area contributed by atoms with Gasteiger partial charge in [-0.3, -0.25) is 4.21 Å². The van der Waals surface area contributed by atoms with Gasteiger partial charge in [0.05, 0.1) is 7.11 Å². The Morgan fingerprint density at radius 3 is 2.90 bits per heavy atom. The fraction of sp³-hybridized carbons (Fsp3) is 0.400. The van der Waals surface area contributed by atoms with Gasteiger partial charge < -0.3 is 10.1 Å². The Balaban J connectivity index is 2.22. The van der Waals surface area contributed by atoms with E-state index in [1.165, 1.54) is 0 Å². The van der Waals surface area contributed by atoms with Crippen LogP contribution < -0.4 is 10.1 Å². The van der Waals surface area contributed by atoms with Gasteiger partial charge in [0, 0.05) is 40.4 Å². The van der Waals surface area contributed by atoms with Crippen molar-refractivity contribution >= 4 is 27.4 Å². The summed E-state index contributed by atoms with van der Waals surface area (Å²) in [5.74, 6) is 2.36. The third-order valence-electron chi connectivity index (χ3n) is 3.19. The molecule has 2 aromatic rings. The molecular formula is C15H20N2O2S. The largest absolute Gasteiger partial charge is 0.497 e. The van der Waals surface area contributed by atoms with Gasteiger partial charge in [0.15, 0.2) is 0 Å². The quantitative estimate of drug-likeness (QED) is 0.889. The van der Waals surface area contributed by atoms with E-state index in [0.717, 1.165) is 28.8 Å². The van der Waals surface area contributed by atoms with E-state index in [1.807, 2.05) is 24.3 Å². The normalized spacial score (nSPS) is 13.9. The molecule has 1 aromatic carbocycles. The summed E-state index contributed by atoms with van der Waals surface area (Å²) in [6.07, 6.45) is 4.38. The SMILES string of the molecule is COc1ccc2ccnc(NC(C)CCS(C)=O)c2c1. The minimum atomic E-state index is -0.757. The van der Waals surface area contributed by atoms with E-state index >= 15 is 0 Å². The second-order valence-corrected chi connectivity index (χ2v) is 6.41. The van der Waals surface area contributed by atoms with Crippen molar-refractivity contribution in [1.29, 1.82) is 0 Å². The highest BCUT2D eigenvalue weighted by molar-refractivity contribution is 7.84. The molecule has 0 aliphatic rings. The molecule has 0 bridgehead atoms. The van der Waals surface area contributed by atoms with Crippen LogP contribution >= 0.6 is 0 Å². The zero-order valence-corrected chi connectivity index (χ0v) is 12.9. The molecule has 2 atom stereocenters. The summed E-state index contributed by atoms with van der Waals surface area (Å²) >= 11 is 0. The van der Waals surface area contributed by atoms with Crippen molar-refractivity contribution in [2.24, 2.45) is 0 Å². The van der Waals surface area contributed by atoms with Crippen molar-refractivity contribution in [3.63, 3.8) is 0 Å². The summed E-state index contributed by atoms with van der Waals surface area (Å²) in [5, 5.41) is 5.55. The minimum absolute atomic E-state index is 0.225. The van der Waals surface area contributed by atoms with Crippen molar-refractivity contribution in [1.82, 2.24) is 4.98 Å². The van der Waals surface area contributed by atoms with Gasteiger partial charge in [-0.05, 0) is 36.9 Å². The fourth-order valence-corrected chi connectivity index (χ4v) is 2.72. The Morgan fingerprint density at radius 2 is 2.20 bits per heavy atom. The maximum absolute atomic E-state index is 11.1. The molecular weight excluding hydrogens is 272 g/mol. The lowest BCUT2D eigenvalue weighted by atomic mass is 10.1. The van der Waals surface area contributed by atoms with E-state index in [-0.39, 0.29) is 6.04 Å². The monoisotopic (exact) mass is 292 g/mol. The van der Waals surface area contributed by atoms with E-state index in [1.54, 1.807) is 19.6 Å². The summed E-state index contributed by atoms with van der Waals surface area (Å²) in [5.41, 5.74) is 0. The first kappa shape index (κ1) is 14.8. The molecule has 0 radical (unpaired) electrons. The second kappa shape index (κ2) is 6.70. The van der Waals surface area contributed by atoms with Crippen LogP contribution in [0.1, 0.15) is 13.3 Å². The molecule has 1 heterocycles. The molecule has 1 aromatic heterocycles. The summed E-state index contributed by atoms with van der Waals surface area (Å²) in [7, 11) is 0.900. The van der Waals surface area contributed by atoms with Crippen LogP contribution in [-0.4, -0.2) is 34.4 Å². The highest BCUT2D eigenvalue weighted by atomic mass is 32.2. The summed E-state index contributed by atoms with van der Waals surface area (Å²) in [6.45, 7) is 2.08. The molecule has 4 nitrogen and oxygen atoms in total. The van der Waals surface area contributed by atoms with E-state index in [9.17, 15) is 4.21 Å². The molecule has 1 N–H and O–H groups in total. The van der Waals surface area contributed by atoms with Crippen LogP contribution in [0.25, 0.3) is 10.8 Å². The number of pyridine rings is 1. The number of rotatable bonds is 6. The number of fused-ring (bicyclic) bond motifs is 1. The molecule has 0 saturated heterocycles. The molecule has 0 amide bonds. The van der Waals surface area contributed by atoms with Gasteiger partial charge in [-0.15, -0.1) is 0 Å². The van der Waals surface area contributed by atoms with Gasteiger partial charge >= 0.3 is 0 Å². The molecule has 20 heavy (non-hydrogen) atoms. The third-order valence-corrected chi connectivity index (χ3v) is 4.01. The number of anilines is 1. The zero-order chi connectivity index (χ0) is 14.5.